The molecule has 0 amide bonds. The summed E-state index contributed by atoms with van der Waals surface area (Å²) in [4.78, 5) is 23.1. The second kappa shape index (κ2) is 10.2. The van der Waals surface area contributed by atoms with Crippen LogP contribution in [0.1, 0.15) is 9.75 Å². The lowest BCUT2D eigenvalue weighted by molar-refractivity contribution is 1.30. The molecule has 0 atom stereocenters. The van der Waals surface area contributed by atoms with Crippen LogP contribution in [-0.4, -0.2) is 22.4 Å². The van der Waals surface area contributed by atoms with Crippen LogP contribution in [0.5, 0.6) is 0 Å². The minimum atomic E-state index is 0.899. The molecule has 0 bridgehead atoms. The van der Waals surface area contributed by atoms with Crippen LogP contribution in [0, 0.1) is 0 Å². The highest BCUT2D eigenvalue weighted by Crippen LogP contribution is 2.38. The summed E-state index contributed by atoms with van der Waals surface area (Å²) < 4.78 is 0. The van der Waals surface area contributed by atoms with E-state index >= 15 is 0 Å². The van der Waals surface area contributed by atoms with Gasteiger partial charge in [0.15, 0.2) is 0 Å². The van der Waals surface area contributed by atoms with E-state index < -0.39 is 0 Å². The SMILES string of the molecule is C(=N\c1ccccc1)/c1ccc(-c2ccc(-c3ccc(/C=N/c4ccccc4)s3)c3nccnc23)s1. The number of aromatic nitrogens is 2. The molecular formula is C30H20N4S2. The number of fused-ring (bicyclic) bond motifs is 1. The predicted molar refractivity (Wildman–Crippen MR) is 154 cm³/mol. The molecule has 3 aromatic heterocycles. The summed E-state index contributed by atoms with van der Waals surface area (Å²) in [5.41, 5.74) is 5.84. The summed E-state index contributed by atoms with van der Waals surface area (Å²) in [6.45, 7) is 0. The smallest absolute Gasteiger partial charge is 0.0979 e. The molecule has 0 aliphatic heterocycles. The average Bonchev–Trinajstić information content (AvgIpc) is 3.61. The molecule has 3 aromatic carbocycles. The monoisotopic (exact) mass is 500 g/mol. The van der Waals surface area contributed by atoms with Gasteiger partial charge in [-0.1, -0.05) is 48.5 Å². The van der Waals surface area contributed by atoms with E-state index in [-0.39, 0.29) is 0 Å². The van der Waals surface area contributed by atoms with Crippen LogP contribution in [0.15, 0.2) is 119 Å². The lowest BCUT2D eigenvalue weighted by Gasteiger charge is -2.07. The van der Waals surface area contributed by atoms with Crippen molar-refractivity contribution in [3.05, 3.63) is 119 Å². The van der Waals surface area contributed by atoms with Crippen molar-refractivity contribution in [3.8, 4) is 20.9 Å². The number of rotatable bonds is 6. The summed E-state index contributed by atoms with van der Waals surface area (Å²) >= 11 is 3.40. The minimum Gasteiger partial charge on any atom is -0.255 e. The summed E-state index contributed by atoms with van der Waals surface area (Å²) in [5, 5.41) is 0. The first-order valence-corrected chi connectivity index (χ1v) is 13.1. The van der Waals surface area contributed by atoms with Gasteiger partial charge in [-0.15, -0.1) is 22.7 Å². The van der Waals surface area contributed by atoms with Crippen LogP contribution in [0.3, 0.4) is 0 Å². The molecule has 36 heavy (non-hydrogen) atoms. The highest BCUT2D eigenvalue weighted by molar-refractivity contribution is 7.17. The largest absolute Gasteiger partial charge is 0.255 e. The number of aliphatic imine (C=N–C) groups is 2. The van der Waals surface area contributed by atoms with Crippen molar-refractivity contribution in [2.45, 2.75) is 0 Å². The quantitative estimate of drug-likeness (QED) is 0.215. The number of hydrogen-bond acceptors (Lipinski definition) is 6. The van der Waals surface area contributed by atoms with E-state index in [9.17, 15) is 0 Å². The molecule has 0 aliphatic carbocycles. The Morgan fingerprint density at radius 2 is 0.944 bits per heavy atom. The Hall–Kier alpha value is -4.26. The van der Waals surface area contributed by atoms with Crippen molar-refractivity contribution >= 4 is 57.5 Å². The molecule has 0 spiro atoms. The standard InChI is InChI=1S/C30H20N4S2/c1-3-7-21(8-4-1)33-19-23-11-15-27(35-23)25-13-14-26(30-29(25)31-17-18-32-30)28-16-12-24(36-28)20-34-22-9-5-2-6-10-22/h1-20H/b33-19+,34-20+. The van der Waals surface area contributed by atoms with Crippen molar-refractivity contribution < 1.29 is 0 Å². The summed E-state index contributed by atoms with van der Waals surface area (Å²) in [6.07, 6.45) is 7.34. The highest BCUT2D eigenvalue weighted by Gasteiger charge is 2.14. The van der Waals surface area contributed by atoms with Gasteiger partial charge in [0.1, 0.15) is 0 Å². The van der Waals surface area contributed by atoms with Crippen molar-refractivity contribution in [1.82, 2.24) is 9.97 Å². The van der Waals surface area contributed by atoms with E-state index in [0.29, 0.717) is 0 Å². The van der Waals surface area contributed by atoms with Gasteiger partial charge in [-0.25, -0.2) is 0 Å². The van der Waals surface area contributed by atoms with Crippen LogP contribution in [0.2, 0.25) is 0 Å². The maximum Gasteiger partial charge on any atom is 0.0979 e. The molecule has 0 saturated carbocycles. The zero-order valence-corrected chi connectivity index (χ0v) is 20.8. The second-order valence-corrected chi connectivity index (χ2v) is 10.2. The minimum absolute atomic E-state index is 0.899. The molecule has 0 fully saturated rings. The first kappa shape index (κ1) is 22.2. The Morgan fingerprint density at radius 3 is 1.39 bits per heavy atom. The fourth-order valence-corrected chi connectivity index (χ4v) is 5.71. The predicted octanol–water partition coefficient (Wildman–Crippen LogP) is 8.59. The van der Waals surface area contributed by atoms with E-state index in [0.717, 1.165) is 53.0 Å². The number of benzene rings is 3. The van der Waals surface area contributed by atoms with Crippen LogP contribution in [0.25, 0.3) is 31.9 Å². The number of nitrogens with zero attached hydrogens (tertiary/aromatic N) is 4. The van der Waals surface area contributed by atoms with Crippen LogP contribution in [-0.2, 0) is 0 Å². The second-order valence-electron chi connectivity index (χ2n) is 8.01. The fourth-order valence-electron chi connectivity index (χ4n) is 3.89. The van der Waals surface area contributed by atoms with Gasteiger partial charge in [0.05, 0.1) is 22.4 Å². The molecule has 4 nitrogen and oxygen atoms in total. The molecule has 3 heterocycles. The van der Waals surface area contributed by atoms with Gasteiger partial charge in [-0.3, -0.25) is 20.0 Å². The Balaban J connectivity index is 1.31. The molecule has 0 radical (unpaired) electrons. The Labute approximate surface area is 217 Å². The Kier molecular flexibility index (Phi) is 6.27. The number of thiophene rings is 2. The van der Waals surface area contributed by atoms with Crippen molar-refractivity contribution in [3.63, 3.8) is 0 Å². The van der Waals surface area contributed by atoms with Crippen LogP contribution in [0.4, 0.5) is 11.4 Å². The number of para-hydroxylation sites is 2. The summed E-state index contributed by atoms with van der Waals surface area (Å²) in [5.74, 6) is 0. The zero-order chi connectivity index (χ0) is 24.2. The first-order chi connectivity index (χ1) is 17.8. The lowest BCUT2D eigenvalue weighted by Crippen LogP contribution is -1.88. The maximum atomic E-state index is 4.72. The number of hydrogen-bond donors (Lipinski definition) is 0. The molecule has 0 unspecified atom stereocenters. The molecule has 0 aliphatic rings. The normalized spacial score (nSPS) is 11.7. The molecule has 6 heteroatoms. The molecular weight excluding hydrogens is 480 g/mol. The maximum absolute atomic E-state index is 4.72. The van der Waals surface area contributed by atoms with Crippen molar-refractivity contribution in [2.75, 3.05) is 0 Å². The van der Waals surface area contributed by atoms with Gasteiger partial charge >= 0.3 is 0 Å². The third kappa shape index (κ3) is 4.77. The van der Waals surface area contributed by atoms with E-state index in [2.05, 4.69) is 46.4 Å². The molecule has 6 aromatic rings. The summed E-state index contributed by atoms with van der Waals surface area (Å²) in [7, 11) is 0. The van der Waals surface area contributed by atoms with Gasteiger partial charge in [-0.2, -0.15) is 0 Å². The highest BCUT2D eigenvalue weighted by atomic mass is 32.1. The topological polar surface area (TPSA) is 50.5 Å². The van der Waals surface area contributed by atoms with Crippen molar-refractivity contribution in [1.29, 1.82) is 0 Å². The van der Waals surface area contributed by atoms with Gasteiger partial charge in [0.25, 0.3) is 0 Å². The van der Waals surface area contributed by atoms with Crippen LogP contribution >= 0.6 is 22.7 Å². The lowest BCUT2D eigenvalue weighted by atomic mass is 10.1. The summed E-state index contributed by atoms with van der Waals surface area (Å²) in [6, 6.07) is 32.7. The fraction of sp³-hybridized carbons (Fsp3) is 0. The van der Waals surface area contributed by atoms with E-state index in [1.807, 2.05) is 73.1 Å². The third-order valence-corrected chi connectivity index (χ3v) is 7.71. The van der Waals surface area contributed by atoms with E-state index in [1.165, 1.54) is 0 Å². The Morgan fingerprint density at radius 1 is 0.500 bits per heavy atom. The molecule has 0 N–H and O–H groups in total. The van der Waals surface area contributed by atoms with E-state index in [4.69, 9.17) is 9.97 Å². The van der Waals surface area contributed by atoms with Gasteiger partial charge < -0.3 is 0 Å². The zero-order valence-electron chi connectivity index (χ0n) is 19.2. The van der Waals surface area contributed by atoms with Crippen molar-refractivity contribution in [2.24, 2.45) is 9.98 Å². The van der Waals surface area contributed by atoms with Gasteiger partial charge in [-0.05, 0) is 48.5 Å². The molecule has 172 valence electrons. The van der Waals surface area contributed by atoms with Gasteiger partial charge in [0.2, 0.25) is 0 Å². The van der Waals surface area contributed by atoms with Gasteiger partial charge in [0, 0.05) is 55.5 Å². The van der Waals surface area contributed by atoms with E-state index in [1.54, 1.807) is 35.1 Å². The van der Waals surface area contributed by atoms with Crippen LogP contribution < -0.4 is 0 Å². The average molecular weight is 501 g/mol. The Bertz CT molecular complexity index is 1560. The third-order valence-electron chi connectivity index (χ3n) is 5.60. The molecule has 0 saturated heterocycles. The first-order valence-electron chi connectivity index (χ1n) is 11.5. The molecule has 6 rings (SSSR count).